The second-order valence-corrected chi connectivity index (χ2v) is 7.48. The number of halogens is 2. The van der Waals surface area contributed by atoms with Crippen LogP contribution >= 0.6 is 23.4 Å². The van der Waals surface area contributed by atoms with Gasteiger partial charge in [0.2, 0.25) is 10.5 Å². The molecule has 2 heterocycles. The highest BCUT2D eigenvalue weighted by Crippen LogP contribution is 2.40. The van der Waals surface area contributed by atoms with Crippen molar-refractivity contribution in [2.24, 2.45) is 0 Å². The molecular weight excluding hydrogens is 383 g/mol. The highest BCUT2D eigenvalue weighted by Gasteiger charge is 2.38. The van der Waals surface area contributed by atoms with Crippen molar-refractivity contribution in [1.82, 2.24) is 9.47 Å². The van der Waals surface area contributed by atoms with E-state index in [0.717, 1.165) is 17.8 Å². The molecule has 0 amide bonds. The predicted molar refractivity (Wildman–Crippen MR) is 97.6 cm³/mol. The zero-order valence-electron chi connectivity index (χ0n) is 14.3. The summed E-state index contributed by atoms with van der Waals surface area (Å²) in [5.74, 6) is -1.60. The largest absolute Gasteiger partial charge is 0.462 e. The van der Waals surface area contributed by atoms with Gasteiger partial charge in [-0.2, -0.15) is 0 Å². The zero-order valence-corrected chi connectivity index (χ0v) is 15.9. The van der Waals surface area contributed by atoms with E-state index >= 15 is 0 Å². The molecule has 6 nitrogen and oxygen atoms in total. The SMILES string of the molecule is CCOC(=O)c1c2n(c3cc(Cl)c(F)cc3c1=O)C(CN(C)C)C(=O)S2. The van der Waals surface area contributed by atoms with Gasteiger partial charge in [-0.1, -0.05) is 11.6 Å². The van der Waals surface area contributed by atoms with E-state index in [2.05, 4.69) is 0 Å². The number of rotatable bonds is 4. The van der Waals surface area contributed by atoms with Crippen LogP contribution in [0.3, 0.4) is 0 Å². The summed E-state index contributed by atoms with van der Waals surface area (Å²) in [7, 11) is 3.61. The number of hydrogen-bond donors (Lipinski definition) is 0. The molecule has 9 heteroatoms. The van der Waals surface area contributed by atoms with Crippen LogP contribution in [0.15, 0.2) is 22.0 Å². The lowest BCUT2D eigenvalue weighted by atomic mass is 10.1. The maximum Gasteiger partial charge on any atom is 0.344 e. The number of ether oxygens (including phenoxy) is 1. The molecule has 0 saturated heterocycles. The van der Waals surface area contributed by atoms with Crippen LogP contribution in [0.5, 0.6) is 0 Å². The number of thioether (sulfide) groups is 1. The van der Waals surface area contributed by atoms with Gasteiger partial charge in [0, 0.05) is 11.9 Å². The molecule has 0 spiro atoms. The Morgan fingerprint density at radius 3 is 2.69 bits per heavy atom. The summed E-state index contributed by atoms with van der Waals surface area (Å²) in [5, 5.41) is -0.182. The van der Waals surface area contributed by atoms with Crippen molar-refractivity contribution in [3.05, 3.63) is 38.8 Å². The lowest BCUT2D eigenvalue weighted by Crippen LogP contribution is -2.29. The molecule has 0 saturated carbocycles. The van der Waals surface area contributed by atoms with Gasteiger partial charge in [-0.25, -0.2) is 9.18 Å². The van der Waals surface area contributed by atoms with Crippen LogP contribution in [0.1, 0.15) is 23.3 Å². The molecule has 0 fully saturated rings. The van der Waals surface area contributed by atoms with E-state index in [4.69, 9.17) is 16.3 Å². The van der Waals surface area contributed by atoms with Crippen molar-refractivity contribution in [2.45, 2.75) is 18.0 Å². The number of carbonyl (C=O) groups is 2. The lowest BCUT2D eigenvalue weighted by molar-refractivity contribution is -0.113. The van der Waals surface area contributed by atoms with Crippen LogP contribution in [0.4, 0.5) is 4.39 Å². The molecule has 1 aromatic heterocycles. The number of pyridine rings is 1. The highest BCUT2D eigenvalue weighted by molar-refractivity contribution is 8.14. The van der Waals surface area contributed by atoms with Crippen molar-refractivity contribution in [3.8, 4) is 0 Å². The Morgan fingerprint density at radius 2 is 2.08 bits per heavy atom. The van der Waals surface area contributed by atoms with E-state index in [9.17, 15) is 18.8 Å². The molecule has 26 heavy (non-hydrogen) atoms. The molecule has 3 rings (SSSR count). The smallest absolute Gasteiger partial charge is 0.344 e. The molecule has 1 unspecified atom stereocenters. The molecule has 138 valence electrons. The summed E-state index contributed by atoms with van der Waals surface area (Å²) >= 11 is 6.72. The zero-order chi connectivity index (χ0) is 19.2. The molecule has 1 aliphatic rings. The molecule has 0 N–H and O–H groups in total. The Morgan fingerprint density at radius 1 is 1.38 bits per heavy atom. The predicted octanol–water partition coefficient (Wildman–Crippen LogP) is 2.71. The fourth-order valence-electron chi connectivity index (χ4n) is 2.94. The van der Waals surface area contributed by atoms with E-state index in [-0.39, 0.29) is 32.7 Å². The number of nitrogens with zero attached hydrogens (tertiary/aromatic N) is 2. The summed E-state index contributed by atoms with van der Waals surface area (Å²) in [6, 6.07) is 1.67. The molecule has 0 aliphatic carbocycles. The van der Waals surface area contributed by atoms with E-state index in [0.29, 0.717) is 12.1 Å². The molecular formula is C17H16ClFN2O4S. The molecule has 1 aliphatic heterocycles. The second kappa shape index (κ2) is 7.02. The van der Waals surface area contributed by atoms with Gasteiger partial charge >= 0.3 is 5.97 Å². The highest BCUT2D eigenvalue weighted by atomic mass is 35.5. The van der Waals surface area contributed by atoms with Crippen LogP contribution in [-0.2, 0) is 9.53 Å². The Kier molecular flexibility index (Phi) is 5.09. The van der Waals surface area contributed by atoms with Crippen LogP contribution in [0, 0.1) is 5.82 Å². The Balaban J connectivity index is 2.41. The normalized spacial score (nSPS) is 16.4. The van der Waals surface area contributed by atoms with E-state index in [1.807, 2.05) is 4.90 Å². The Labute approximate surface area is 157 Å². The number of benzene rings is 1. The maximum atomic E-state index is 14.0. The molecule has 1 atom stereocenters. The van der Waals surface area contributed by atoms with Gasteiger partial charge in [-0.05, 0) is 44.9 Å². The number of esters is 1. The van der Waals surface area contributed by atoms with Crippen LogP contribution in [0.2, 0.25) is 5.02 Å². The fraction of sp³-hybridized carbons (Fsp3) is 0.353. The van der Waals surface area contributed by atoms with Crippen LogP contribution < -0.4 is 5.43 Å². The number of likely N-dealkylation sites (N-methyl/N-ethyl adjacent to an activating group) is 1. The monoisotopic (exact) mass is 398 g/mol. The van der Waals surface area contributed by atoms with E-state index in [1.165, 1.54) is 6.07 Å². The van der Waals surface area contributed by atoms with Gasteiger partial charge in [0.15, 0.2) is 0 Å². The molecule has 2 aromatic rings. The summed E-state index contributed by atoms with van der Waals surface area (Å²) < 4.78 is 20.5. The van der Waals surface area contributed by atoms with Crippen molar-refractivity contribution < 1.29 is 18.7 Å². The van der Waals surface area contributed by atoms with Gasteiger partial charge in [0.05, 0.1) is 17.1 Å². The standard InChI is InChI=1S/C17H16ClFN2O4S/c1-4-25-16(23)13-14(22)8-5-10(19)9(18)6-11(8)21-12(7-20(2)3)17(24)26-15(13)21/h5-6,12H,4,7H2,1-3H3. The summed E-state index contributed by atoms with van der Waals surface area (Å²) in [4.78, 5) is 39.6. The third kappa shape index (κ3) is 3.02. The van der Waals surface area contributed by atoms with Gasteiger partial charge in [0.1, 0.15) is 22.4 Å². The minimum absolute atomic E-state index is 0.0160. The minimum Gasteiger partial charge on any atom is -0.462 e. The average molecular weight is 399 g/mol. The second-order valence-electron chi connectivity index (χ2n) is 6.08. The topological polar surface area (TPSA) is 68.6 Å². The van der Waals surface area contributed by atoms with Crippen molar-refractivity contribution >= 4 is 45.4 Å². The molecule has 1 aromatic carbocycles. The quantitative estimate of drug-likeness (QED) is 0.738. The average Bonchev–Trinajstić information content (AvgIpc) is 2.85. The first-order valence-corrected chi connectivity index (χ1v) is 9.06. The third-order valence-corrected chi connectivity index (χ3v) is 5.36. The van der Waals surface area contributed by atoms with Gasteiger partial charge in [0.25, 0.3) is 0 Å². The number of carbonyl (C=O) groups excluding carboxylic acids is 2. The van der Waals surface area contributed by atoms with Crippen molar-refractivity contribution in [2.75, 3.05) is 27.2 Å². The Bertz CT molecular complexity index is 989. The number of fused-ring (bicyclic) bond motifs is 3. The van der Waals surface area contributed by atoms with E-state index in [1.54, 1.807) is 25.6 Å². The first-order valence-electron chi connectivity index (χ1n) is 7.87. The van der Waals surface area contributed by atoms with Crippen molar-refractivity contribution in [3.63, 3.8) is 0 Å². The van der Waals surface area contributed by atoms with Crippen LogP contribution in [0.25, 0.3) is 10.9 Å². The van der Waals surface area contributed by atoms with E-state index < -0.39 is 23.3 Å². The maximum absolute atomic E-state index is 14.0. The fourth-order valence-corrected chi connectivity index (χ4v) is 4.21. The van der Waals surface area contributed by atoms with Crippen molar-refractivity contribution in [1.29, 1.82) is 0 Å². The molecule has 0 bridgehead atoms. The first kappa shape index (κ1) is 18.9. The van der Waals surface area contributed by atoms with Gasteiger partial charge < -0.3 is 14.2 Å². The molecule has 0 radical (unpaired) electrons. The first-order chi connectivity index (χ1) is 12.3. The number of hydrogen-bond acceptors (Lipinski definition) is 6. The third-order valence-electron chi connectivity index (χ3n) is 4.00. The summed E-state index contributed by atoms with van der Waals surface area (Å²) in [5.41, 5.74) is -0.610. The lowest BCUT2D eigenvalue weighted by Gasteiger charge is -2.20. The van der Waals surface area contributed by atoms with Crippen LogP contribution in [-0.4, -0.2) is 47.8 Å². The minimum atomic E-state index is -0.829. The van der Waals surface area contributed by atoms with Gasteiger partial charge in [-0.15, -0.1) is 0 Å². The number of aromatic nitrogens is 1. The Hall–Kier alpha value is -1.90. The summed E-state index contributed by atoms with van der Waals surface area (Å²) in [6.07, 6.45) is 0. The van der Waals surface area contributed by atoms with Gasteiger partial charge in [-0.3, -0.25) is 9.59 Å². The summed E-state index contributed by atoms with van der Waals surface area (Å²) in [6.45, 7) is 2.04.